The third-order valence-corrected chi connectivity index (χ3v) is 3.68. The lowest BCUT2D eigenvalue weighted by Gasteiger charge is -2.29. The van der Waals surface area contributed by atoms with Gasteiger partial charge in [-0.15, -0.1) is 0 Å². The summed E-state index contributed by atoms with van der Waals surface area (Å²) in [5, 5.41) is 9.25. The summed E-state index contributed by atoms with van der Waals surface area (Å²) in [7, 11) is 2.10. The van der Waals surface area contributed by atoms with Gasteiger partial charge in [-0.1, -0.05) is 11.6 Å². The van der Waals surface area contributed by atoms with Gasteiger partial charge in [0.2, 0.25) is 0 Å². The Morgan fingerprint density at radius 2 is 2.21 bits per heavy atom. The molecular formula is C13H18ClN3O2. The van der Waals surface area contributed by atoms with Gasteiger partial charge >= 0.3 is 5.97 Å². The van der Waals surface area contributed by atoms with E-state index in [0.717, 1.165) is 26.1 Å². The van der Waals surface area contributed by atoms with Gasteiger partial charge in [0.25, 0.3) is 0 Å². The van der Waals surface area contributed by atoms with Gasteiger partial charge in [0, 0.05) is 19.1 Å². The summed E-state index contributed by atoms with van der Waals surface area (Å²) in [4.78, 5) is 19.7. The molecule has 1 fully saturated rings. The predicted molar refractivity (Wildman–Crippen MR) is 75.1 cm³/mol. The van der Waals surface area contributed by atoms with Crippen LogP contribution in [-0.2, 0) is 0 Å². The number of hydrogen-bond acceptors (Lipinski definition) is 4. The number of aromatic carboxylic acids is 1. The molecule has 19 heavy (non-hydrogen) atoms. The van der Waals surface area contributed by atoms with Crippen LogP contribution in [0.25, 0.3) is 0 Å². The van der Waals surface area contributed by atoms with Crippen molar-refractivity contribution >= 4 is 23.4 Å². The van der Waals surface area contributed by atoms with Gasteiger partial charge in [-0.25, -0.2) is 9.78 Å². The second-order valence-corrected chi connectivity index (χ2v) is 5.37. The van der Waals surface area contributed by atoms with Gasteiger partial charge in [0.15, 0.2) is 5.69 Å². The number of rotatable bonds is 2. The van der Waals surface area contributed by atoms with Crippen molar-refractivity contribution in [2.75, 3.05) is 31.6 Å². The number of aromatic nitrogens is 1. The summed E-state index contributed by atoms with van der Waals surface area (Å²) in [6.45, 7) is 4.98. The van der Waals surface area contributed by atoms with Crippen LogP contribution in [0.3, 0.4) is 0 Å². The molecule has 2 rings (SSSR count). The highest BCUT2D eigenvalue weighted by Gasteiger charge is 2.22. The Morgan fingerprint density at radius 3 is 2.89 bits per heavy atom. The fourth-order valence-electron chi connectivity index (χ4n) is 2.45. The quantitative estimate of drug-likeness (QED) is 0.899. The second-order valence-electron chi connectivity index (χ2n) is 4.96. The fourth-order valence-corrected chi connectivity index (χ4v) is 2.64. The Morgan fingerprint density at radius 1 is 1.47 bits per heavy atom. The predicted octanol–water partition coefficient (Wildman–Crippen LogP) is 1.96. The summed E-state index contributed by atoms with van der Waals surface area (Å²) in [5.41, 5.74) is -0.0797. The van der Waals surface area contributed by atoms with Crippen LogP contribution in [0.15, 0.2) is 12.1 Å². The molecule has 1 aliphatic rings. The molecular weight excluding hydrogens is 266 g/mol. The van der Waals surface area contributed by atoms with Crippen molar-refractivity contribution in [1.82, 2.24) is 9.88 Å². The van der Waals surface area contributed by atoms with Gasteiger partial charge in [-0.05, 0) is 39.1 Å². The van der Waals surface area contributed by atoms with Crippen molar-refractivity contribution < 1.29 is 9.90 Å². The number of likely N-dealkylation sites (N-methyl/N-ethyl adjacent to an activating group) is 1. The summed E-state index contributed by atoms with van der Waals surface area (Å²) in [5.74, 6) is -0.406. The molecule has 1 saturated heterocycles. The summed E-state index contributed by atoms with van der Waals surface area (Å²) < 4.78 is 0. The van der Waals surface area contributed by atoms with Gasteiger partial charge < -0.3 is 14.9 Å². The van der Waals surface area contributed by atoms with E-state index in [-0.39, 0.29) is 10.7 Å². The van der Waals surface area contributed by atoms with Crippen molar-refractivity contribution in [3.05, 3.63) is 22.8 Å². The van der Waals surface area contributed by atoms with E-state index in [9.17, 15) is 4.79 Å². The first-order valence-electron chi connectivity index (χ1n) is 6.34. The zero-order valence-corrected chi connectivity index (χ0v) is 11.9. The molecule has 0 aliphatic carbocycles. The largest absolute Gasteiger partial charge is 0.476 e. The molecule has 1 aromatic rings. The molecule has 1 atom stereocenters. The van der Waals surface area contributed by atoms with E-state index in [0.29, 0.717) is 11.9 Å². The molecule has 1 aromatic heterocycles. The third-order valence-electron chi connectivity index (χ3n) is 3.37. The Hall–Kier alpha value is -1.33. The molecule has 6 heteroatoms. The number of anilines is 1. The average molecular weight is 284 g/mol. The third kappa shape index (κ3) is 3.16. The van der Waals surface area contributed by atoms with E-state index in [4.69, 9.17) is 16.7 Å². The van der Waals surface area contributed by atoms with E-state index in [1.165, 1.54) is 0 Å². The Balaban J connectivity index is 2.30. The van der Waals surface area contributed by atoms with Crippen LogP contribution in [0.1, 0.15) is 23.8 Å². The first kappa shape index (κ1) is 14.1. The normalized spacial score (nSPS) is 21.2. The van der Waals surface area contributed by atoms with Crippen LogP contribution in [0.2, 0.25) is 5.02 Å². The van der Waals surface area contributed by atoms with Gasteiger partial charge in [-0.2, -0.15) is 0 Å². The second kappa shape index (κ2) is 5.75. The van der Waals surface area contributed by atoms with Crippen molar-refractivity contribution in [2.45, 2.75) is 19.4 Å². The maximum atomic E-state index is 11.1. The molecule has 0 amide bonds. The molecule has 1 N–H and O–H groups in total. The minimum atomic E-state index is -1.09. The first-order chi connectivity index (χ1) is 8.99. The zero-order chi connectivity index (χ0) is 14.0. The Bertz CT molecular complexity index is 481. The minimum Gasteiger partial charge on any atom is -0.476 e. The smallest absolute Gasteiger partial charge is 0.356 e. The molecule has 0 spiro atoms. The van der Waals surface area contributed by atoms with Gasteiger partial charge in [0.1, 0.15) is 5.82 Å². The van der Waals surface area contributed by atoms with E-state index in [2.05, 4.69) is 28.8 Å². The van der Waals surface area contributed by atoms with E-state index >= 15 is 0 Å². The number of hydrogen-bond donors (Lipinski definition) is 1. The van der Waals surface area contributed by atoms with Crippen LogP contribution < -0.4 is 4.90 Å². The molecule has 0 aromatic carbocycles. The highest BCUT2D eigenvalue weighted by atomic mass is 35.5. The number of carbonyl (C=O) groups is 1. The zero-order valence-electron chi connectivity index (χ0n) is 11.1. The highest BCUT2D eigenvalue weighted by Crippen LogP contribution is 2.22. The molecule has 104 valence electrons. The average Bonchev–Trinajstić information content (AvgIpc) is 2.50. The summed E-state index contributed by atoms with van der Waals surface area (Å²) in [6, 6.07) is 3.69. The van der Waals surface area contributed by atoms with Crippen molar-refractivity contribution in [2.24, 2.45) is 0 Å². The summed E-state index contributed by atoms with van der Waals surface area (Å²) >= 11 is 5.85. The van der Waals surface area contributed by atoms with Crippen molar-refractivity contribution in [3.8, 4) is 0 Å². The van der Waals surface area contributed by atoms with Crippen LogP contribution >= 0.6 is 11.6 Å². The Kier molecular flexibility index (Phi) is 4.27. The lowest BCUT2D eigenvalue weighted by Crippen LogP contribution is -2.38. The minimum absolute atomic E-state index is 0.0797. The first-order valence-corrected chi connectivity index (χ1v) is 6.72. The summed E-state index contributed by atoms with van der Waals surface area (Å²) in [6.07, 6.45) is 1.04. The molecule has 0 saturated carbocycles. The van der Waals surface area contributed by atoms with E-state index < -0.39 is 5.97 Å². The molecule has 2 heterocycles. The Labute approximate surface area is 117 Å². The van der Waals surface area contributed by atoms with Gasteiger partial charge in [0.05, 0.1) is 5.02 Å². The van der Waals surface area contributed by atoms with Crippen molar-refractivity contribution in [3.63, 3.8) is 0 Å². The van der Waals surface area contributed by atoms with E-state index in [1.807, 2.05) is 0 Å². The number of carboxylic acids is 1. The molecule has 0 bridgehead atoms. The van der Waals surface area contributed by atoms with Gasteiger partial charge in [-0.3, -0.25) is 0 Å². The number of nitrogens with zero attached hydrogens (tertiary/aromatic N) is 3. The fraction of sp³-hybridized carbons (Fsp3) is 0.538. The van der Waals surface area contributed by atoms with Crippen LogP contribution in [0, 0.1) is 0 Å². The maximum absolute atomic E-state index is 11.1. The highest BCUT2D eigenvalue weighted by molar-refractivity contribution is 6.33. The molecule has 1 unspecified atom stereocenters. The maximum Gasteiger partial charge on any atom is 0.356 e. The van der Waals surface area contributed by atoms with Crippen LogP contribution in [0.4, 0.5) is 5.82 Å². The van der Waals surface area contributed by atoms with Crippen LogP contribution in [-0.4, -0.2) is 53.7 Å². The monoisotopic (exact) mass is 283 g/mol. The molecule has 1 aliphatic heterocycles. The van der Waals surface area contributed by atoms with Crippen LogP contribution in [0.5, 0.6) is 0 Å². The van der Waals surface area contributed by atoms with E-state index in [1.54, 1.807) is 12.1 Å². The lowest BCUT2D eigenvalue weighted by atomic mass is 10.2. The molecule has 5 nitrogen and oxygen atoms in total. The standard InChI is InChI=1S/C13H18ClN3O2/c1-9-8-16(2)6-3-7-17(9)11-5-4-10(14)12(15-11)13(18)19/h4-5,9H,3,6-8H2,1-2H3,(H,18,19). The topological polar surface area (TPSA) is 56.7 Å². The number of pyridine rings is 1. The van der Waals surface area contributed by atoms with Crippen molar-refractivity contribution in [1.29, 1.82) is 0 Å². The SMILES string of the molecule is CC1CN(C)CCCN1c1ccc(Cl)c(C(=O)O)n1. The number of halogens is 1. The number of carboxylic acid groups (broad SMARTS) is 1. The molecule has 0 radical (unpaired) electrons. The lowest BCUT2D eigenvalue weighted by molar-refractivity contribution is 0.0691.